The van der Waals surface area contributed by atoms with Crippen LogP contribution in [-0.2, 0) is 9.53 Å². The van der Waals surface area contributed by atoms with E-state index in [9.17, 15) is 9.59 Å². The Bertz CT molecular complexity index is 246. The van der Waals surface area contributed by atoms with Crippen LogP contribution in [0.5, 0.6) is 0 Å². The summed E-state index contributed by atoms with van der Waals surface area (Å²) in [6.07, 6.45) is 2.41. The van der Waals surface area contributed by atoms with Crippen LogP contribution in [0.1, 0.15) is 32.6 Å². The van der Waals surface area contributed by atoms with Crippen LogP contribution in [0, 0.1) is 5.92 Å². The molecule has 0 aromatic heterocycles. The van der Waals surface area contributed by atoms with Gasteiger partial charge in [0.15, 0.2) is 0 Å². The molecule has 1 unspecified atom stereocenters. The Kier molecular flexibility index (Phi) is 10.0. The zero-order valence-corrected chi connectivity index (χ0v) is 11.2. The number of nitrogens with one attached hydrogen (secondary N) is 2. The molecule has 3 N–H and O–H groups in total. The first-order valence-electron chi connectivity index (χ1n) is 6.28. The average Bonchev–Trinajstić information content (AvgIpc) is 2.32. The number of ether oxygens (including phenoxy) is 1. The van der Waals surface area contributed by atoms with Crippen LogP contribution >= 0.6 is 0 Å². The number of rotatable bonds is 10. The number of carboxylic acids is 1. The van der Waals surface area contributed by atoms with Crippen LogP contribution in [0.2, 0.25) is 0 Å². The van der Waals surface area contributed by atoms with Crippen molar-refractivity contribution in [1.29, 1.82) is 0 Å². The Morgan fingerprint density at radius 2 is 1.89 bits per heavy atom. The van der Waals surface area contributed by atoms with Gasteiger partial charge in [0, 0.05) is 33.2 Å². The third kappa shape index (κ3) is 11.2. The second-order valence-corrected chi connectivity index (χ2v) is 4.36. The lowest BCUT2D eigenvalue weighted by Crippen LogP contribution is -2.37. The van der Waals surface area contributed by atoms with E-state index in [2.05, 4.69) is 10.6 Å². The number of carbonyl (C=O) groups is 2. The fourth-order valence-corrected chi connectivity index (χ4v) is 1.43. The number of hydrogen-bond donors (Lipinski definition) is 3. The second-order valence-electron chi connectivity index (χ2n) is 4.36. The number of hydrogen-bond acceptors (Lipinski definition) is 3. The minimum Gasteiger partial charge on any atom is -0.481 e. The van der Waals surface area contributed by atoms with E-state index < -0.39 is 5.97 Å². The molecule has 0 aromatic carbocycles. The minimum absolute atomic E-state index is 0.184. The van der Waals surface area contributed by atoms with Gasteiger partial charge in [0.2, 0.25) is 0 Å². The van der Waals surface area contributed by atoms with Crippen LogP contribution in [0.4, 0.5) is 4.79 Å². The summed E-state index contributed by atoms with van der Waals surface area (Å²) >= 11 is 0. The molecule has 106 valence electrons. The van der Waals surface area contributed by atoms with E-state index in [1.54, 1.807) is 7.11 Å². The van der Waals surface area contributed by atoms with Crippen molar-refractivity contribution in [1.82, 2.24) is 10.6 Å². The lowest BCUT2D eigenvalue weighted by molar-refractivity contribution is -0.137. The van der Waals surface area contributed by atoms with Crippen molar-refractivity contribution >= 4 is 12.0 Å². The molecule has 0 aromatic rings. The first kappa shape index (κ1) is 16.7. The summed E-state index contributed by atoms with van der Waals surface area (Å²) in [6, 6.07) is -0.184. The molecule has 18 heavy (non-hydrogen) atoms. The summed E-state index contributed by atoms with van der Waals surface area (Å²) in [5, 5.41) is 14.0. The van der Waals surface area contributed by atoms with E-state index in [1.807, 2.05) is 6.92 Å². The Morgan fingerprint density at radius 3 is 2.50 bits per heavy atom. The molecule has 0 bridgehead atoms. The highest BCUT2D eigenvalue weighted by Gasteiger charge is 2.06. The molecule has 0 heterocycles. The maximum absolute atomic E-state index is 11.3. The van der Waals surface area contributed by atoms with Crippen molar-refractivity contribution in [2.24, 2.45) is 5.92 Å². The van der Waals surface area contributed by atoms with E-state index >= 15 is 0 Å². The first-order valence-corrected chi connectivity index (χ1v) is 6.28. The van der Waals surface area contributed by atoms with Gasteiger partial charge in [0.25, 0.3) is 0 Å². The number of urea groups is 1. The largest absolute Gasteiger partial charge is 0.481 e. The molecule has 1 atom stereocenters. The topological polar surface area (TPSA) is 87.7 Å². The van der Waals surface area contributed by atoms with Crippen molar-refractivity contribution in [3.63, 3.8) is 0 Å². The molecular weight excluding hydrogens is 236 g/mol. The highest BCUT2D eigenvalue weighted by molar-refractivity contribution is 5.73. The summed E-state index contributed by atoms with van der Waals surface area (Å²) in [5.41, 5.74) is 0. The predicted octanol–water partition coefficient (Wildman–Crippen LogP) is 1.21. The standard InChI is InChI=1S/C12H24N2O4/c1-10(4-5-11(15)16)6-8-14-12(17)13-7-3-9-18-2/h10H,3-9H2,1-2H3,(H,15,16)(H2,13,14,17). The summed E-state index contributed by atoms with van der Waals surface area (Å²) in [4.78, 5) is 21.7. The van der Waals surface area contributed by atoms with Gasteiger partial charge in [0.05, 0.1) is 0 Å². The van der Waals surface area contributed by atoms with Gasteiger partial charge in [-0.25, -0.2) is 4.79 Å². The van der Waals surface area contributed by atoms with Crippen molar-refractivity contribution in [3.05, 3.63) is 0 Å². The average molecular weight is 260 g/mol. The molecule has 6 nitrogen and oxygen atoms in total. The van der Waals surface area contributed by atoms with Gasteiger partial charge in [-0.15, -0.1) is 0 Å². The zero-order chi connectivity index (χ0) is 13.8. The second kappa shape index (κ2) is 10.8. The van der Waals surface area contributed by atoms with Crippen LogP contribution in [0.15, 0.2) is 0 Å². The lowest BCUT2D eigenvalue weighted by atomic mass is 10.0. The quantitative estimate of drug-likeness (QED) is 0.515. The van der Waals surface area contributed by atoms with E-state index in [0.29, 0.717) is 32.0 Å². The van der Waals surface area contributed by atoms with Gasteiger partial charge >= 0.3 is 12.0 Å². The lowest BCUT2D eigenvalue weighted by Gasteiger charge is -2.11. The van der Waals surface area contributed by atoms with E-state index in [0.717, 1.165) is 12.8 Å². The van der Waals surface area contributed by atoms with Crippen LogP contribution in [0.3, 0.4) is 0 Å². The molecular formula is C12H24N2O4. The fraction of sp³-hybridized carbons (Fsp3) is 0.833. The van der Waals surface area contributed by atoms with E-state index in [1.165, 1.54) is 0 Å². The fourth-order valence-electron chi connectivity index (χ4n) is 1.43. The van der Waals surface area contributed by atoms with Gasteiger partial charge in [0.1, 0.15) is 0 Å². The minimum atomic E-state index is -0.773. The van der Waals surface area contributed by atoms with Crippen LogP contribution in [0.25, 0.3) is 0 Å². The summed E-state index contributed by atoms with van der Waals surface area (Å²) in [7, 11) is 1.62. The number of carbonyl (C=O) groups excluding carboxylic acids is 1. The predicted molar refractivity (Wildman–Crippen MR) is 68.5 cm³/mol. The molecule has 0 spiro atoms. The number of carboxylic acid groups (broad SMARTS) is 1. The zero-order valence-electron chi connectivity index (χ0n) is 11.2. The molecule has 0 aliphatic heterocycles. The van der Waals surface area contributed by atoms with Gasteiger partial charge in [-0.3, -0.25) is 4.79 Å². The van der Waals surface area contributed by atoms with Crippen molar-refractivity contribution < 1.29 is 19.4 Å². The number of amides is 2. The summed E-state index contributed by atoms with van der Waals surface area (Å²) in [6.45, 7) is 3.78. The summed E-state index contributed by atoms with van der Waals surface area (Å²) in [5.74, 6) is -0.472. The molecule has 2 amide bonds. The smallest absolute Gasteiger partial charge is 0.314 e. The molecule has 6 heteroatoms. The van der Waals surface area contributed by atoms with E-state index in [4.69, 9.17) is 9.84 Å². The van der Waals surface area contributed by atoms with Gasteiger partial charge < -0.3 is 20.5 Å². The van der Waals surface area contributed by atoms with Gasteiger partial charge in [-0.2, -0.15) is 0 Å². The van der Waals surface area contributed by atoms with Crippen LogP contribution in [-0.4, -0.2) is 43.9 Å². The molecule has 0 saturated carbocycles. The van der Waals surface area contributed by atoms with Crippen LogP contribution < -0.4 is 10.6 Å². The molecule has 0 radical (unpaired) electrons. The molecule has 0 rings (SSSR count). The summed E-state index contributed by atoms with van der Waals surface area (Å²) < 4.78 is 4.86. The monoisotopic (exact) mass is 260 g/mol. The molecule has 0 fully saturated rings. The normalized spacial score (nSPS) is 11.9. The Labute approximate surface area is 108 Å². The highest BCUT2D eigenvalue weighted by atomic mass is 16.5. The third-order valence-corrected chi connectivity index (χ3v) is 2.58. The van der Waals surface area contributed by atoms with Gasteiger partial charge in [-0.05, 0) is 25.2 Å². The molecule has 0 aliphatic carbocycles. The first-order chi connectivity index (χ1) is 8.56. The number of aliphatic carboxylic acids is 1. The third-order valence-electron chi connectivity index (χ3n) is 2.58. The van der Waals surface area contributed by atoms with Crippen molar-refractivity contribution in [2.75, 3.05) is 26.8 Å². The maximum Gasteiger partial charge on any atom is 0.314 e. The SMILES string of the molecule is COCCCNC(=O)NCCC(C)CCC(=O)O. The van der Waals surface area contributed by atoms with Crippen molar-refractivity contribution in [2.45, 2.75) is 32.6 Å². The van der Waals surface area contributed by atoms with Gasteiger partial charge in [-0.1, -0.05) is 6.92 Å². The Balaban J connectivity index is 3.41. The molecule has 0 aliphatic rings. The Hall–Kier alpha value is -1.30. The molecule has 0 saturated heterocycles. The Morgan fingerprint density at radius 1 is 1.22 bits per heavy atom. The maximum atomic E-state index is 11.3. The highest BCUT2D eigenvalue weighted by Crippen LogP contribution is 2.08. The number of methoxy groups -OCH3 is 1. The van der Waals surface area contributed by atoms with E-state index in [-0.39, 0.29) is 12.5 Å². The van der Waals surface area contributed by atoms with Crippen molar-refractivity contribution in [3.8, 4) is 0 Å².